The molecule has 2 rings (SSSR count). The fourth-order valence-corrected chi connectivity index (χ4v) is 3.19. The Hall–Kier alpha value is -1.32. The SMILES string of the molecule is CCN(CC)c1ccc(CNCc2sccc2C)cc1. The number of nitrogens with one attached hydrogen (secondary N) is 1. The highest BCUT2D eigenvalue weighted by atomic mass is 32.1. The highest BCUT2D eigenvalue weighted by Gasteiger charge is 2.02. The maximum absolute atomic E-state index is 3.52. The molecule has 0 aliphatic carbocycles. The minimum atomic E-state index is 0.926. The molecule has 0 fully saturated rings. The molecule has 108 valence electrons. The van der Waals surface area contributed by atoms with Crippen LogP contribution in [0.15, 0.2) is 35.7 Å². The molecule has 1 aromatic heterocycles. The zero-order valence-corrected chi connectivity index (χ0v) is 13.5. The van der Waals surface area contributed by atoms with Crippen molar-refractivity contribution in [1.82, 2.24) is 5.32 Å². The molecule has 0 amide bonds. The van der Waals surface area contributed by atoms with Crippen molar-refractivity contribution >= 4 is 17.0 Å². The summed E-state index contributed by atoms with van der Waals surface area (Å²) in [6, 6.07) is 11.1. The predicted octanol–water partition coefficient (Wildman–Crippen LogP) is 4.19. The molecule has 0 saturated carbocycles. The van der Waals surface area contributed by atoms with E-state index in [1.807, 2.05) is 11.3 Å². The maximum Gasteiger partial charge on any atom is 0.0366 e. The fourth-order valence-electron chi connectivity index (χ4n) is 2.32. The molecule has 1 N–H and O–H groups in total. The van der Waals surface area contributed by atoms with E-state index in [9.17, 15) is 0 Å². The Morgan fingerprint density at radius 3 is 2.25 bits per heavy atom. The van der Waals surface area contributed by atoms with Gasteiger partial charge in [-0.2, -0.15) is 0 Å². The summed E-state index contributed by atoms with van der Waals surface area (Å²) in [5, 5.41) is 5.68. The zero-order chi connectivity index (χ0) is 14.4. The van der Waals surface area contributed by atoms with E-state index in [-0.39, 0.29) is 0 Å². The Morgan fingerprint density at radius 2 is 1.70 bits per heavy atom. The largest absolute Gasteiger partial charge is 0.372 e. The summed E-state index contributed by atoms with van der Waals surface area (Å²) in [6.45, 7) is 10.6. The molecule has 0 radical (unpaired) electrons. The summed E-state index contributed by atoms with van der Waals surface area (Å²) in [7, 11) is 0. The predicted molar refractivity (Wildman–Crippen MR) is 89.6 cm³/mol. The summed E-state index contributed by atoms with van der Waals surface area (Å²) in [6.07, 6.45) is 0. The minimum absolute atomic E-state index is 0.926. The van der Waals surface area contributed by atoms with Crippen molar-refractivity contribution in [3.8, 4) is 0 Å². The van der Waals surface area contributed by atoms with Crippen LogP contribution >= 0.6 is 11.3 Å². The van der Waals surface area contributed by atoms with Gasteiger partial charge in [-0.3, -0.25) is 0 Å². The van der Waals surface area contributed by atoms with Gasteiger partial charge in [0.05, 0.1) is 0 Å². The van der Waals surface area contributed by atoms with Gasteiger partial charge in [0.15, 0.2) is 0 Å². The quantitative estimate of drug-likeness (QED) is 0.821. The number of benzene rings is 1. The third-order valence-electron chi connectivity index (χ3n) is 3.65. The van der Waals surface area contributed by atoms with E-state index in [1.54, 1.807) is 0 Å². The van der Waals surface area contributed by atoms with Gasteiger partial charge in [-0.05, 0) is 55.5 Å². The molecule has 0 unspecified atom stereocenters. The van der Waals surface area contributed by atoms with Crippen LogP contribution in [0.2, 0.25) is 0 Å². The molecule has 2 nitrogen and oxygen atoms in total. The number of hydrogen-bond donors (Lipinski definition) is 1. The highest BCUT2D eigenvalue weighted by molar-refractivity contribution is 7.10. The van der Waals surface area contributed by atoms with Crippen molar-refractivity contribution in [2.75, 3.05) is 18.0 Å². The van der Waals surface area contributed by atoms with Crippen molar-refractivity contribution < 1.29 is 0 Å². The topological polar surface area (TPSA) is 15.3 Å². The van der Waals surface area contributed by atoms with Crippen LogP contribution in [0.4, 0.5) is 5.69 Å². The Kier molecular flexibility index (Phi) is 5.62. The molecule has 3 heteroatoms. The number of nitrogens with zero attached hydrogens (tertiary/aromatic N) is 1. The van der Waals surface area contributed by atoms with Gasteiger partial charge in [0, 0.05) is 36.7 Å². The van der Waals surface area contributed by atoms with Crippen LogP contribution in [0.3, 0.4) is 0 Å². The van der Waals surface area contributed by atoms with Crippen LogP contribution < -0.4 is 10.2 Å². The van der Waals surface area contributed by atoms with Gasteiger partial charge in [-0.15, -0.1) is 11.3 Å². The smallest absolute Gasteiger partial charge is 0.0366 e. The van der Waals surface area contributed by atoms with Crippen molar-refractivity contribution in [1.29, 1.82) is 0 Å². The number of thiophene rings is 1. The van der Waals surface area contributed by atoms with E-state index in [4.69, 9.17) is 0 Å². The van der Waals surface area contributed by atoms with E-state index in [2.05, 4.69) is 66.7 Å². The lowest BCUT2D eigenvalue weighted by Crippen LogP contribution is -2.21. The molecule has 0 spiro atoms. The third-order valence-corrected chi connectivity index (χ3v) is 4.67. The summed E-state index contributed by atoms with van der Waals surface area (Å²) < 4.78 is 0. The lowest BCUT2D eigenvalue weighted by molar-refractivity contribution is 0.698. The summed E-state index contributed by atoms with van der Waals surface area (Å²) in [4.78, 5) is 3.80. The van der Waals surface area contributed by atoms with E-state index < -0.39 is 0 Å². The molecule has 1 heterocycles. The first kappa shape index (κ1) is 15.1. The number of hydrogen-bond acceptors (Lipinski definition) is 3. The molecule has 2 aromatic rings. The van der Waals surface area contributed by atoms with Crippen molar-refractivity contribution in [2.24, 2.45) is 0 Å². The summed E-state index contributed by atoms with van der Waals surface area (Å²) >= 11 is 1.83. The van der Waals surface area contributed by atoms with E-state index in [1.165, 1.54) is 21.7 Å². The maximum atomic E-state index is 3.52. The van der Waals surface area contributed by atoms with Crippen LogP contribution in [0, 0.1) is 6.92 Å². The molecule has 0 aliphatic rings. The first-order valence-electron chi connectivity index (χ1n) is 7.32. The van der Waals surface area contributed by atoms with E-state index in [0.29, 0.717) is 0 Å². The molecular weight excluding hydrogens is 264 g/mol. The third kappa shape index (κ3) is 3.84. The lowest BCUT2D eigenvalue weighted by atomic mass is 10.2. The number of aryl methyl sites for hydroxylation is 1. The average molecular weight is 288 g/mol. The molecule has 0 aliphatic heterocycles. The van der Waals surface area contributed by atoms with Crippen molar-refractivity contribution in [3.63, 3.8) is 0 Å². The zero-order valence-electron chi connectivity index (χ0n) is 12.6. The van der Waals surface area contributed by atoms with E-state index >= 15 is 0 Å². The first-order valence-corrected chi connectivity index (χ1v) is 8.20. The van der Waals surface area contributed by atoms with Gasteiger partial charge in [0.2, 0.25) is 0 Å². The van der Waals surface area contributed by atoms with Crippen LogP contribution in [-0.2, 0) is 13.1 Å². The molecular formula is C17H24N2S. The minimum Gasteiger partial charge on any atom is -0.372 e. The number of rotatable bonds is 7. The fraction of sp³-hybridized carbons (Fsp3) is 0.412. The molecule has 20 heavy (non-hydrogen) atoms. The van der Waals surface area contributed by atoms with Gasteiger partial charge in [-0.25, -0.2) is 0 Å². The lowest BCUT2D eigenvalue weighted by Gasteiger charge is -2.21. The molecule has 1 aromatic carbocycles. The van der Waals surface area contributed by atoms with Gasteiger partial charge in [0.25, 0.3) is 0 Å². The molecule has 0 saturated heterocycles. The van der Waals surface area contributed by atoms with Gasteiger partial charge in [0.1, 0.15) is 0 Å². The second-order valence-electron chi connectivity index (χ2n) is 4.97. The van der Waals surface area contributed by atoms with Gasteiger partial charge in [-0.1, -0.05) is 12.1 Å². The van der Waals surface area contributed by atoms with Crippen LogP contribution in [0.25, 0.3) is 0 Å². The van der Waals surface area contributed by atoms with Crippen LogP contribution in [0.5, 0.6) is 0 Å². The average Bonchev–Trinajstić information content (AvgIpc) is 2.87. The van der Waals surface area contributed by atoms with Gasteiger partial charge >= 0.3 is 0 Å². The second-order valence-corrected chi connectivity index (χ2v) is 5.97. The Bertz CT molecular complexity index is 512. The Labute approximate surface area is 126 Å². The van der Waals surface area contributed by atoms with Crippen LogP contribution in [-0.4, -0.2) is 13.1 Å². The van der Waals surface area contributed by atoms with Crippen molar-refractivity contribution in [2.45, 2.75) is 33.9 Å². The molecule has 0 bridgehead atoms. The highest BCUT2D eigenvalue weighted by Crippen LogP contribution is 2.16. The first-order chi connectivity index (χ1) is 9.74. The summed E-state index contributed by atoms with van der Waals surface area (Å²) in [5.41, 5.74) is 4.04. The normalized spacial score (nSPS) is 10.8. The Balaban J connectivity index is 1.86. The van der Waals surface area contributed by atoms with Crippen molar-refractivity contribution in [3.05, 3.63) is 51.7 Å². The summed E-state index contributed by atoms with van der Waals surface area (Å²) in [5.74, 6) is 0. The van der Waals surface area contributed by atoms with Gasteiger partial charge < -0.3 is 10.2 Å². The Morgan fingerprint density at radius 1 is 1.00 bits per heavy atom. The standard InChI is InChI=1S/C17H24N2S/c1-4-19(5-2)16-8-6-15(7-9-16)12-18-13-17-14(3)10-11-20-17/h6-11,18H,4-5,12-13H2,1-3H3. The number of anilines is 1. The second kappa shape index (κ2) is 7.46. The molecule has 0 atom stereocenters. The van der Waals surface area contributed by atoms with Crippen LogP contribution in [0.1, 0.15) is 29.9 Å². The van der Waals surface area contributed by atoms with E-state index in [0.717, 1.165) is 26.2 Å². The monoisotopic (exact) mass is 288 g/mol.